The molecule has 34 heavy (non-hydrogen) atoms. The Labute approximate surface area is 202 Å². The molecule has 186 valence electrons. The zero-order valence-corrected chi connectivity index (χ0v) is 20.8. The highest BCUT2D eigenvalue weighted by Crippen LogP contribution is 2.33. The van der Waals surface area contributed by atoms with Crippen LogP contribution in [0.5, 0.6) is 11.5 Å². The predicted molar refractivity (Wildman–Crippen MR) is 128 cm³/mol. The van der Waals surface area contributed by atoms with Gasteiger partial charge in [-0.1, -0.05) is 13.0 Å². The Balaban J connectivity index is 1.45. The minimum atomic E-state index is 0.0335. The third-order valence-corrected chi connectivity index (χ3v) is 6.52. The Kier molecular flexibility index (Phi) is 7.78. The van der Waals surface area contributed by atoms with E-state index in [9.17, 15) is 4.79 Å². The molecule has 2 saturated heterocycles. The molecule has 1 aromatic carbocycles. The van der Waals surface area contributed by atoms with Gasteiger partial charge in [-0.15, -0.1) is 0 Å². The van der Waals surface area contributed by atoms with E-state index in [1.807, 2.05) is 47.7 Å². The standard InChI is InChI=1S/C26H37N3O5/c1-19-12-20(2)29(27-19)10-9-25(30)28(15-22-6-5-11-33-22)14-21-7-8-23(31-4)24(13-21)34-18-26(3)16-32-17-26/h7-8,12-13,22H,5-6,9-11,14-18H2,1-4H3. The van der Waals surface area contributed by atoms with Crippen LogP contribution in [-0.2, 0) is 27.4 Å². The predicted octanol–water partition coefficient (Wildman–Crippen LogP) is 3.52. The largest absolute Gasteiger partial charge is 0.493 e. The highest BCUT2D eigenvalue weighted by molar-refractivity contribution is 5.76. The molecule has 0 spiro atoms. The first-order valence-corrected chi connectivity index (χ1v) is 12.1. The van der Waals surface area contributed by atoms with E-state index in [4.69, 9.17) is 18.9 Å². The van der Waals surface area contributed by atoms with Crippen molar-refractivity contribution in [3.63, 3.8) is 0 Å². The van der Waals surface area contributed by atoms with Crippen molar-refractivity contribution in [2.75, 3.05) is 40.1 Å². The van der Waals surface area contributed by atoms with Gasteiger partial charge in [0.1, 0.15) is 0 Å². The number of methoxy groups -OCH3 is 1. The molecule has 2 aromatic rings. The highest BCUT2D eigenvalue weighted by Gasteiger charge is 2.34. The molecule has 8 heteroatoms. The molecular weight excluding hydrogens is 434 g/mol. The third kappa shape index (κ3) is 6.10. The summed E-state index contributed by atoms with van der Waals surface area (Å²) < 4.78 is 24.7. The van der Waals surface area contributed by atoms with Gasteiger partial charge in [0.15, 0.2) is 11.5 Å². The van der Waals surface area contributed by atoms with Crippen LogP contribution in [0.15, 0.2) is 24.3 Å². The van der Waals surface area contributed by atoms with Crippen molar-refractivity contribution in [2.24, 2.45) is 5.41 Å². The number of carbonyl (C=O) groups excluding carboxylic acids is 1. The Morgan fingerprint density at radius 3 is 2.71 bits per heavy atom. The first-order valence-electron chi connectivity index (χ1n) is 12.1. The van der Waals surface area contributed by atoms with Crippen LogP contribution >= 0.6 is 0 Å². The van der Waals surface area contributed by atoms with Gasteiger partial charge in [-0.05, 0) is 50.5 Å². The van der Waals surface area contributed by atoms with E-state index < -0.39 is 0 Å². The zero-order valence-electron chi connectivity index (χ0n) is 20.8. The number of amides is 1. The van der Waals surface area contributed by atoms with E-state index in [0.717, 1.165) is 36.4 Å². The van der Waals surface area contributed by atoms with Crippen molar-refractivity contribution in [3.8, 4) is 11.5 Å². The van der Waals surface area contributed by atoms with Crippen LogP contribution in [0.4, 0.5) is 0 Å². The molecule has 4 rings (SSSR count). The summed E-state index contributed by atoms with van der Waals surface area (Å²) in [7, 11) is 1.64. The molecule has 0 aliphatic carbocycles. The number of nitrogens with zero attached hydrogens (tertiary/aromatic N) is 3. The smallest absolute Gasteiger partial charge is 0.224 e. The second-order valence-electron chi connectivity index (χ2n) is 9.89. The fourth-order valence-electron chi connectivity index (χ4n) is 4.49. The second-order valence-corrected chi connectivity index (χ2v) is 9.89. The quantitative estimate of drug-likeness (QED) is 0.499. The maximum atomic E-state index is 13.3. The summed E-state index contributed by atoms with van der Waals surface area (Å²) >= 11 is 0. The summed E-state index contributed by atoms with van der Waals surface area (Å²) in [4.78, 5) is 15.2. The molecule has 2 fully saturated rings. The molecule has 1 unspecified atom stereocenters. The number of carbonyl (C=O) groups is 1. The van der Waals surface area contributed by atoms with E-state index >= 15 is 0 Å². The van der Waals surface area contributed by atoms with Crippen molar-refractivity contribution in [3.05, 3.63) is 41.2 Å². The number of rotatable bonds is 11. The fourth-order valence-corrected chi connectivity index (χ4v) is 4.49. The third-order valence-electron chi connectivity index (χ3n) is 6.52. The van der Waals surface area contributed by atoms with E-state index in [-0.39, 0.29) is 17.4 Å². The molecule has 0 radical (unpaired) electrons. The van der Waals surface area contributed by atoms with Gasteiger partial charge in [0.05, 0.1) is 38.7 Å². The Bertz CT molecular complexity index is 979. The van der Waals surface area contributed by atoms with Gasteiger partial charge in [0.25, 0.3) is 0 Å². The molecule has 2 aliphatic heterocycles. The number of ether oxygens (including phenoxy) is 4. The molecule has 0 bridgehead atoms. The number of aromatic nitrogens is 2. The van der Waals surface area contributed by atoms with Crippen LogP contribution in [0.3, 0.4) is 0 Å². The second kappa shape index (κ2) is 10.8. The normalized spacial score (nSPS) is 19.0. The molecule has 8 nitrogen and oxygen atoms in total. The van der Waals surface area contributed by atoms with Crippen LogP contribution in [-0.4, -0.2) is 66.8 Å². The van der Waals surface area contributed by atoms with E-state index in [1.54, 1.807) is 7.11 Å². The molecule has 3 heterocycles. The van der Waals surface area contributed by atoms with Crippen LogP contribution in [0.25, 0.3) is 0 Å². The average molecular weight is 472 g/mol. The fraction of sp³-hybridized carbons (Fsp3) is 0.615. The molecule has 1 atom stereocenters. The monoisotopic (exact) mass is 471 g/mol. The molecule has 0 N–H and O–H groups in total. The summed E-state index contributed by atoms with van der Waals surface area (Å²) in [5, 5.41) is 4.49. The Morgan fingerprint density at radius 1 is 1.26 bits per heavy atom. The van der Waals surface area contributed by atoms with Crippen molar-refractivity contribution >= 4 is 5.91 Å². The van der Waals surface area contributed by atoms with E-state index in [2.05, 4.69) is 12.0 Å². The molecule has 0 saturated carbocycles. The SMILES string of the molecule is COc1ccc(CN(CC2CCCO2)C(=O)CCn2nc(C)cc2C)cc1OCC1(C)COC1. The zero-order chi connectivity index (χ0) is 24.1. The molecular formula is C26H37N3O5. The first kappa shape index (κ1) is 24.5. The number of benzene rings is 1. The lowest BCUT2D eigenvalue weighted by atomic mass is 9.90. The van der Waals surface area contributed by atoms with Crippen molar-refractivity contribution in [1.29, 1.82) is 0 Å². The van der Waals surface area contributed by atoms with Crippen LogP contribution in [0, 0.1) is 19.3 Å². The summed E-state index contributed by atoms with van der Waals surface area (Å²) in [6, 6.07) is 7.92. The topological polar surface area (TPSA) is 75.1 Å². The van der Waals surface area contributed by atoms with E-state index in [1.165, 1.54) is 0 Å². The van der Waals surface area contributed by atoms with Crippen molar-refractivity contribution in [2.45, 2.75) is 59.2 Å². The van der Waals surface area contributed by atoms with Crippen LogP contribution < -0.4 is 9.47 Å². The van der Waals surface area contributed by atoms with Crippen LogP contribution in [0.2, 0.25) is 0 Å². The minimum absolute atomic E-state index is 0.0335. The van der Waals surface area contributed by atoms with Gasteiger partial charge in [-0.3, -0.25) is 9.48 Å². The van der Waals surface area contributed by atoms with E-state index in [0.29, 0.717) is 57.4 Å². The number of aryl methyl sites for hydroxylation is 3. The molecule has 2 aliphatic rings. The lowest BCUT2D eigenvalue weighted by molar-refractivity contribution is -0.133. The van der Waals surface area contributed by atoms with Gasteiger partial charge in [-0.2, -0.15) is 5.10 Å². The average Bonchev–Trinajstić information content (AvgIpc) is 3.43. The molecule has 1 aromatic heterocycles. The summed E-state index contributed by atoms with van der Waals surface area (Å²) in [5.41, 5.74) is 3.07. The van der Waals surface area contributed by atoms with Crippen molar-refractivity contribution in [1.82, 2.24) is 14.7 Å². The van der Waals surface area contributed by atoms with Gasteiger partial charge in [0, 0.05) is 43.8 Å². The summed E-state index contributed by atoms with van der Waals surface area (Å²) in [5.74, 6) is 1.48. The van der Waals surface area contributed by atoms with Gasteiger partial charge in [-0.25, -0.2) is 0 Å². The molecule has 1 amide bonds. The Morgan fingerprint density at radius 2 is 2.09 bits per heavy atom. The van der Waals surface area contributed by atoms with Crippen LogP contribution in [0.1, 0.15) is 43.1 Å². The Hall–Kier alpha value is -2.58. The summed E-state index contributed by atoms with van der Waals surface area (Å²) in [6.45, 7) is 10.5. The summed E-state index contributed by atoms with van der Waals surface area (Å²) in [6.07, 6.45) is 2.51. The minimum Gasteiger partial charge on any atom is -0.493 e. The lowest BCUT2D eigenvalue weighted by Gasteiger charge is -2.37. The number of hydrogen-bond acceptors (Lipinski definition) is 6. The number of hydrogen-bond donors (Lipinski definition) is 0. The lowest BCUT2D eigenvalue weighted by Crippen LogP contribution is -2.44. The first-order chi connectivity index (χ1) is 16.3. The van der Waals surface area contributed by atoms with Gasteiger partial charge < -0.3 is 23.8 Å². The van der Waals surface area contributed by atoms with Gasteiger partial charge in [0.2, 0.25) is 5.91 Å². The van der Waals surface area contributed by atoms with Crippen molar-refractivity contribution < 1.29 is 23.7 Å². The maximum Gasteiger partial charge on any atom is 0.224 e. The maximum absolute atomic E-state index is 13.3. The highest BCUT2D eigenvalue weighted by atomic mass is 16.5. The van der Waals surface area contributed by atoms with Gasteiger partial charge >= 0.3 is 0 Å².